The molecule has 0 saturated carbocycles. The average molecular weight is 344 g/mol. The van der Waals surface area contributed by atoms with Gasteiger partial charge in [-0.05, 0) is 29.3 Å². The van der Waals surface area contributed by atoms with E-state index in [9.17, 15) is 13.2 Å². The van der Waals surface area contributed by atoms with Gasteiger partial charge in [-0.3, -0.25) is 0 Å². The Morgan fingerprint density at radius 2 is 1.70 bits per heavy atom. The molecule has 0 saturated heterocycles. The zero-order valence-corrected chi connectivity index (χ0v) is 12.1. The lowest BCUT2D eigenvalue weighted by Crippen LogP contribution is -2.17. The average Bonchev–Trinajstić information content (AvgIpc) is 2.38. The van der Waals surface area contributed by atoms with Gasteiger partial charge in [-0.15, -0.1) is 0 Å². The van der Waals surface area contributed by atoms with Crippen molar-refractivity contribution in [2.24, 2.45) is 0 Å². The maximum atomic E-state index is 12.8. The van der Waals surface area contributed by atoms with Gasteiger partial charge in [0.25, 0.3) is 0 Å². The summed E-state index contributed by atoms with van der Waals surface area (Å²) in [6.07, 6.45) is -4.31. The van der Waals surface area contributed by atoms with Crippen LogP contribution in [0, 0.1) is 0 Å². The molecule has 0 aliphatic carbocycles. The van der Waals surface area contributed by atoms with E-state index in [-0.39, 0.29) is 12.1 Å². The third-order valence-corrected chi connectivity index (χ3v) is 3.35. The second kappa shape index (κ2) is 6.41. The number of hydrogen-bond donors (Lipinski definition) is 1. The largest absolute Gasteiger partial charge is 0.416 e. The summed E-state index contributed by atoms with van der Waals surface area (Å²) in [5, 5.41) is 3.04. The molecule has 0 aromatic heterocycles. The van der Waals surface area contributed by atoms with E-state index in [1.54, 1.807) is 6.07 Å². The van der Waals surface area contributed by atoms with Crippen LogP contribution < -0.4 is 5.32 Å². The molecule has 2 aromatic rings. The molecule has 1 nitrogen and oxygen atoms in total. The van der Waals surface area contributed by atoms with Gasteiger partial charge in [0, 0.05) is 17.6 Å². The number of halogens is 4. The van der Waals surface area contributed by atoms with Crippen LogP contribution in [0.5, 0.6) is 0 Å². The summed E-state index contributed by atoms with van der Waals surface area (Å²) in [7, 11) is 0. The van der Waals surface area contributed by atoms with E-state index in [0.29, 0.717) is 6.54 Å². The highest BCUT2D eigenvalue weighted by atomic mass is 79.9. The monoisotopic (exact) mass is 343 g/mol. The van der Waals surface area contributed by atoms with Gasteiger partial charge in [0.2, 0.25) is 0 Å². The van der Waals surface area contributed by atoms with Crippen molar-refractivity contribution in [2.75, 3.05) is 0 Å². The Kier molecular flexibility index (Phi) is 4.83. The third kappa shape index (κ3) is 4.08. The van der Waals surface area contributed by atoms with E-state index < -0.39 is 11.7 Å². The van der Waals surface area contributed by atoms with E-state index in [0.717, 1.165) is 16.1 Å². The molecule has 5 heteroatoms. The topological polar surface area (TPSA) is 12.0 Å². The number of rotatable bonds is 4. The van der Waals surface area contributed by atoms with Crippen LogP contribution in [0.4, 0.5) is 13.2 Å². The number of benzene rings is 2. The molecule has 1 N–H and O–H groups in total. The van der Waals surface area contributed by atoms with Crippen LogP contribution in [-0.2, 0) is 19.3 Å². The maximum Gasteiger partial charge on any atom is 0.416 e. The van der Waals surface area contributed by atoms with Gasteiger partial charge >= 0.3 is 6.18 Å². The quantitative estimate of drug-likeness (QED) is 0.843. The number of nitrogens with one attached hydrogen (secondary N) is 1. The zero-order valence-electron chi connectivity index (χ0n) is 10.5. The standard InChI is InChI=1S/C15H13BrF3N/c16-13-6-3-4-11(8-13)9-20-10-12-5-1-2-7-14(12)15(17,18)19/h1-8,20H,9-10H2. The Hall–Kier alpha value is -1.33. The molecule has 2 aromatic carbocycles. The second-order valence-corrected chi connectivity index (χ2v) is 5.30. The molecule has 0 aliphatic heterocycles. The first-order valence-electron chi connectivity index (χ1n) is 6.07. The predicted octanol–water partition coefficient (Wildman–Crippen LogP) is 4.76. The summed E-state index contributed by atoms with van der Waals surface area (Å²) in [5.74, 6) is 0. The Balaban J connectivity index is 2.01. The SMILES string of the molecule is FC(F)(F)c1ccccc1CNCc1cccc(Br)c1. The molecule has 0 unspecified atom stereocenters. The zero-order chi connectivity index (χ0) is 14.6. The van der Waals surface area contributed by atoms with Gasteiger partial charge in [-0.1, -0.05) is 46.3 Å². The van der Waals surface area contributed by atoms with Crippen molar-refractivity contribution in [2.45, 2.75) is 19.3 Å². The van der Waals surface area contributed by atoms with E-state index in [4.69, 9.17) is 0 Å². The Labute approximate surface area is 123 Å². The van der Waals surface area contributed by atoms with Crippen LogP contribution in [0.25, 0.3) is 0 Å². The fourth-order valence-corrected chi connectivity index (χ4v) is 2.39. The Morgan fingerprint density at radius 1 is 0.950 bits per heavy atom. The van der Waals surface area contributed by atoms with Gasteiger partial charge in [0.1, 0.15) is 0 Å². The van der Waals surface area contributed by atoms with Crippen molar-refractivity contribution in [3.63, 3.8) is 0 Å². The molecule has 106 valence electrons. The van der Waals surface area contributed by atoms with Gasteiger partial charge in [0.05, 0.1) is 5.56 Å². The van der Waals surface area contributed by atoms with Gasteiger partial charge in [-0.2, -0.15) is 13.2 Å². The fraction of sp³-hybridized carbons (Fsp3) is 0.200. The van der Waals surface area contributed by atoms with Crippen molar-refractivity contribution >= 4 is 15.9 Å². The first-order chi connectivity index (χ1) is 9.47. The van der Waals surface area contributed by atoms with Crippen LogP contribution in [0.2, 0.25) is 0 Å². The van der Waals surface area contributed by atoms with Crippen molar-refractivity contribution in [1.82, 2.24) is 5.32 Å². The molecule has 20 heavy (non-hydrogen) atoms. The molecule has 0 radical (unpaired) electrons. The van der Waals surface area contributed by atoms with E-state index in [2.05, 4.69) is 21.2 Å². The predicted molar refractivity (Wildman–Crippen MR) is 76.1 cm³/mol. The van der Waals surface area contributed by atoms with Crippen LogP contribution in [-0.4, -0.2) is 0 Å². The number of hydrogen-bond acceptors (Lipinski definition) is 1. The van der Waals surface area contributed by atoms with Crippen molar-refractivity contribution in [3.8, 4) is 0 Å². The molecule has 0 atom stereocenters. The van der Waals surface area contributed by atoms with E-state index >= 15 is 0 Å². The highest BCUT2D eigenvalue weighted by Crippen LogP contribution is 2.31. The summed E-state index contributed by atoms with van der Waals surface area (Å²) in [6, 6.07) is 13.3. The molecule has 0 fully saturated rings. The summed E-state index contributed by atoms with van der Waals surface area (Å²) >= 11 is 3.36. The fourth-order valence-electron chi connectivity index (χ4n) is 1.94. The Bertz CT molecular complexity index is 581. The molecule has 2 rings (SSSR count). The normalized spacial score (nSPS) is 11.6. The summed E-state index contributed by atoms with van der Waals surface area (Å²) in [4.78, 5) is 0. The summed E-state index contributed by atoms with van der Waals surface area (Å²) in [5.41, 5.74) is 0.695. The molecule has 0 heterocycles. The van der Waals surface area contributed by atoms with Crippen molar-refractivity contribution in [3.05, 3.63) is 69.7 Å². The molecular weight excluding hydrogens is 331 g/mol. The molecule has 0 bridgehead atoms. The van der Waals surface area contributed by atoms with Crippen LogP contribution >= 0.6 is 15.9 Å². The first-order valence-corrected chi connectivity index (χ1v) is 6.86. The van der Waals surface area contributed by atoms with Gasteiger partial charge < -0.3 is 5.32 Å². The smallest absolute Gasteiger partial charge is 0.309 e. The molecular formula is C15H13BrF3N. The summed E-state index contributed by atoms with van der Waals surface area (Å²) < 4.78 is 39.4. The lowest BCUT2D eigenvalue weighted by Gasteiger charge is -2.13. The minimum Gasteiger partial charge on any atom is -0.309 e. The van der Waals surface area contributed by atoms with Gasteiger partial charge in [-0.25, -0.2) is 0 Å². The maximum absolute atomic E-state index is 12.8. The van der Waals surface area contributed by atoms with Crippen LogP contribution in [0.15, 0.2) is 53.0 Å². The highest BCUT2D eigenvalue weighted by molar-refractivity contribution is 9.10. The van der Waals surface area contributed by atoms with Crippen LogP contribution in [0.3, 0.4) is 0 Å². The third-order valence-electron chi connectivity index (χ3n) is 2.86. The van der Waals surface area contributed by atoms with Crippen molar-refractivity contribution in [1.29, 1.82) is 0 Å². The lowest BCUT2D eigenvalue weighted by atomic mass is 10.1. The minimum absolute atomic E-state index is 0.183. The molecule has 0 spiro atoms. The molecule has 0 amide bonds. The lowest BCUT2D eigenvalue weighted by molar-refractivity contribution is -0.138. The highest BCUT2D eigenvalue weighted by Gasteiger charge is 2.32. The molecule has 0 aliphatic rings. The minimum atomic E-state index is -4.31. The van der Waals surface area contributed by atoms with Crippen molar-refractivity contribution < 1.29 is 13.2 Å². The summed E-state index contributed by atoms with van der Waals surface area (Å²) in [6.45, 7) is 0.702. The van der Waals surface area contributed by atoms with E-state index in [1.165, 1.54) is 12.1 Å². The second-order valence-electron chi connectivity index (χ2n) is 4.39. The van der Waals surface area contributed by atoms with Crippen LogP contribution in [0.1, 0.15) is 16.7 Å². The number of alkyl halides is 3. The first kappa shape index (κ1) is 15.1. The Morgan fingerprint density at radius 3 is 2.40 bits per heavy atom. The van der Waals surface area contributed by atoms with Gasteiger partial charge in [0.15, 0.2) is 0 Å². The van der Waals surface area contributed by atoms with E-state index in [1.807, 2.05) is 24.3 Å².